The lowest BCUT2D eigenvalue weighted by Crippen LogP contribution is -2.38. The Hall–Kier alpha value is -1.87. The number of benzene rings is 1. The molecule has 0 saturated carbocycles. The molecule has 0 spiro atoms. The summed E-state index contributed by atoms with van der Waals surface area (Å²) in [6.45, 7) is 9.45. The van der Waals surface area contributed by atoms with Crippen LogP contribution in [0.25, 0.3) is 0 Å². The van der Waals surface area contributed by atoms with Gasteiger partial charge in [-0.1, -0.05) is 35.4 Å². The van der Waals surface area contributed by atoms with Gasteiger partial charge in [0.05, 0.1) is 13.2 Å². The number of nitrogens with one attached hydrogen (secondary N) is 2. The summed E-state index contributed by atoms with van der Waals surface area (Å²) >= 11 is 0. The number of aliphatic imine (C=N–C) groups is 1. The Morgan fingerprint density at radius 1 is 1.10 bits per heavy atom. The monoisotopic (exact) mass is 512 g/mol. The molecular weight excluding hydrogens is 479 g/mol. The average Bonchev–Trinajstić information content (AvgIpc) is 2.66. The van der Waals surface area contributed by atoms with E-state index in [0.717, 1.165) is 31.0 Å². The predicted molar refractivity (Wildman–Crippen MR) is 129 cm³/mol. The van der Waals surface area contributed by atoms with E-state index in [-0.39, 0.29) is 24.0 Å². The van der Waals surface area contributed by atoms with E-state index in [0.29, 0.717) is 25.6 Å². The molecule has 7 heteroatoms. The first kappa shape index (κ1) is 25.2. The van der Waals surface area contributed by atoms with Crippen LogP contribution in [0.5, 0.6) is 5.88 Å². The Kier molecular flexibility index (Phi) is 12.3. The minimum atomic E-state index is 0. The minimum Gasteiger partial charge on any atom is -0.475 e. The Balaban J connectivity index is 0.00000420. The first-order valence-electron chi connectivity index (χ1n) is 9.77. The van der Waals surface area contributed by atoms with Crippen LogP contribution < -0.4 is 15.4 Å². The molecule has 160 valence electrons. The van der Waals surface area contributed by atoms with Crippen molar-refractivity contribution in [2.45, 2.75) is 33.7 Å². The van der Waals surface area contributed by atoms with Crippen LogP contribution in [0.1, 0.15) is 29.2 Å². The summed E-state index contributed by atoms with van der Waals surface area (Å²) in [6, 6.07) is 10.5. The van der Waals surface area contributed by atoms with Gasteiger partial charge >= 0.3 is 0 Å². The molecule has 1 heterocycles. The predicted octanol–water partition coefficient (Wildman–Crippen LogP) is 3.64. The second-order valence-electron chi connectivity index (χ2n) is 6.68. The van der Waals surface area contributed by atoms with Crippen LogP contribution in [0, 0.1) is 13.8 Å². The van der Waals surface area contributed by atoms with E-state index in [1.807, 2.05) is 12.1 Å². The lowest BCUT2D eigenvalue weighted by atomic mass is 10.1. The Labute approximate surface area is 191 Å². The van der Waals surface area contributed by atoms with E-state index in [1.165, 1.54) is 16.7 Å². The Bertz CT molecular complexity index is 748. The number of hydrogen-bond acceptors (Lipinski definition) is 4. The zero-order valence-corrected chi connectivity index (χ0v) is 20.2. The highest BCUT2D eigenvalue weighted by atomic mass is 127. The zero-order valence-electron chi connectivity index (χ0n) is 17.8. The highest BCUT2D eigenvalue weighted by molar-refractivity contribution is 14.0. The summed E-state index contributed by atoms with van der Waals surface area (Å²) in [6.07, 6.45) is 2.67. The van der Waals surface area contributed by atoms with E-state index in [9.17, 15) is 0 Å². The lowest BCUT2D eigenvalue weighted by molar-refractivity contribution is 0.143. The van der Waals surface area contributed by atoms with E-state index in [4.69, 9.17) is 9.47 Å². The molecule has 2 N–H and O–H groups in total. The van der Waals surface area contributed by atoms with Crippen LogP contribution in [-0.2, 0) is 17.7 Å². The topological polar surface area (TPSA) is 67.8 Å². The number of aromatic nitrogens is 1. The van der Waals surface area contributed by atoms with E-state index < -0.39 is 0 Å². The first-order chi connectivity index (χ1) is 13.6. The number of guanidine groups is 1. The number of nitrogens with zero attached hydrogens (tertiary/aromatic N) is 2. The van der Waals surface area contributed by atoms with Crippen LogP contribution in [0.15, 0.2) is 41.5 Å². The van der Waals surface area contributed by atoms with E-state index in [1.54, 1.807) is 13.3 Å². The van der Waals surface area contributed by atoms with Gasteiger partial charge < -0.3 is 20.1 Å². The van der Waals surface area contributed by atoms with Gasteiger partial charge in [0.15, 0.2) is 5.96 Å². The third kappa shape index (κ3) is 9.45. The van der Waals surface area contributed by atoms with Crippen molar-refractivity contribution >= 4 is 29.9 Å². The molecule has 6 nitrogen and oxygen atoms in total. The SMILES string of the molecule is CCNC(=NCc1cccnc1OCCOC)NCCc1cc(C)cc(C)c1.I. The number of methoxy groups -OCH3 is 1. The molecule has 1 aromatic heterocycles. The molecule has 0 saturated heterocycles. The number of aryl methyl sites for hydroxylation is 2. The van der Waals surface area contributed by atoms with Gasteiger partial charge in [-0.05, 0) is 38.8 Å². The quantitative estimate of drug-likeness (QED) is 0.220. The molecule has 0 unspecified atom stereocenters. The average molecular weight is 512 g/mol. The zero-order chi connectivity index (χ0) is 20.2. The smallest absolute Gasteiger partial charge is 0.218 e. The third-order valence-electron chi connectivity index (χ3n) is 4.12. The van der Waals surface area contributed by atoms with Gasteiger partial charge in [-0.2, -0.15) is 0 Å². The normalized spacial score (nSPS) is 11.0. The Morgan fingerprint density at radius 3 is 2.55 bits per heavy atom. The van der Waals surface area contributed by atoms with Gasteiger partial charge in [0.1, 0.15) is 6.61 Å². The number of pyridine rings is 1. The van der Waals surface area contributed by atoms with Gasteiger partial charge in [0.25, 0.3) is 0 Å². The van der Waals surface area contributed by atoms with Crippen molar-refractivity contribution in [3.8, 4) is 5.88 Å². The van der Waals surface area contributed by atoms with Gasteiger partial charge in [-0.25, -0.2) is 9.98 Å². The minimum absolute atomic E-state index is 0. The number of halogens is 1. The standard InChI is InChI=1S/C22H32N4O2.HI/c1-5-23-22(25-10-8-19-14-17(2)13-18(3)15-19)26-16-20-7-6-9-24-21(20)28-12-11-27-4;/h6-7,9,13-15H,5,8,10-12,16H2,1-4H3,(H2,23,25,26);1H. The molecule has 1 aromatic carbocycles. The van der Waals surface area contributed by atoms with Crippen molar-refractivity contribution < 1.29 is 9.47 Å². The molecular formula is C22H33IN4O2. The van der Waals surface area contributed by atoms with Gasteiger partial charge in [0, 0.05) is 32.0 Å². The van der Waals surface area contributed by atoms with Crippen molar-refractivity contribution in [1.82, 2.24) is 15.6 Å². The molecule has 0 aliphatic carbocycles. The molecule has 0 aliphatic heterocycles. The largest absolute Gasteiger partial charge is 0.475 e. The highest BCUT2D eigenvalue weighted by Gasteiger charge is 2.05. The molecule has 29 heavy (non-hydrogen) atoms. The second-order valence-corrected chi connectivity index (χ2v) is 6.68. The maximum Gasteiger partial charge on any atom is 0.218 e. The van der Waals surface area contributed by atoms with Crippen LogP contribution in [0.4, 0.5) is 0 Å². The highest BCUT2D eigenvalue weighted by Crippen LogP contribution is 2.15. The Morgan fingerprint density at radius 2 is 1.86 bits per heavy atom. The van der Waals surface area contributed by atoms with E-state index in [2.05, 4.69) is 59.6 Å². The van der Waals surface area contributed by atoms with Crippen molar-refractivity contribution in [1.29, 1.82) is 0 Å². The summed E-state index contributed by atoms with van der Waals surface area (Å²) in [5.74, 6) is 1.40. The van der Waals surface area contributed by atoms with Crippen molar-refractivity contribution in [3.63, 3.8) is 0 Å². The van der Waals surface area contributed by atoms with Gasteiger partial charge in [-0.15, -0.1) is 24.0 Å². The van der Waals surface area contributed by atoms with Crippen LogP contribution in [-0.4, -0.2) is 44.4 Å². The maximum atomic E-state index is 5.68. The van der Waals surface area contributed by atoms with Crippen molar-refractivity contribution in [2.24, 2.45) is 4.99 Å². The van der Waals surface area contributed by atoms with Gasteiger partial charge in [0.2, 0.25) is 5.88 Å². The fourth-order valence-corrected chi connectivity index (χ4v) is 2.94. The lowest BCUT2D eigenvalue weighted by Gasteiger charge is -2.13. The number of rotatable bonds is 10. The third-order valence-corrected chi connectivity index (χ3v) is 4.12. The summed E-state index contributed by atoms with van der Waals surface area (Å²) in [5.41, 5.74) is 4.88. The molecule has 2 rings (SSSR count). The molecule has 0 bridgehead atoms. The van der Waals surface area contributed by atoms with E-state index >= 15 is 0 Å². The van der Waals surface area contributed by atoms with Crippen molar-refractivity contribution in [3.05, 3.63) is 58.8 Å². The number of ether oxygens (including phenoxy) is 2. The summed E-state index contributed by atoms with van der Waals surface area (Å²) in [7, 11) is 1.65. The first-order valence-corrected chi connectivity index (χ1v) is 9.77. The molecule has 0 radical (unpaired) electrons. The molecule has 0 fully saturated rings. The molecule has 0 amide bonds. The van der Waals surface area contributed by atoms with Crippen LogP contribution in [0.2, 0.25) is 0 Å². The molecule has 2 aromatic rings. The second kappa shape index (κ2) is 14.2. The summed E-state index contributed by atoms with van der Waals surface area (Å²) in [5, 5.41) is 6.70. The molecule has 0 atom stereocenters. The van der Waals surface area contributed by atoms with Crippen LogP contribution >= 0.6 is 24.0 Å². The fourth-order valence-electron chi connectivity index (χ4n) is 2.94. The number of hydrogen-bond donors (Lipinski definition) is 2. The van der Waals surface area contributed by atoms with Crippen molar-refractivity contribution in [2.75, 3.05) is 33.4 Å². The maximum absolute atomic E-state index is 5.68. The fraction of sp³-hybridized carbons (Fsp3) is 0.455. The summed E-state index contributed by atoms with van der Waals surface area (Å²) in [4.78, 5) is 8.99. The molecule has 0 aliphatic rings. The van der Waals surface area contributed by atoms with Gasteiger partial charge in [-0.3, -0.25) is 0 Å². The van der Waals surface area contributed by atoms with Crippen LogP contribution in [0.3, 0.4) is 0 Å². The summed E-state index contributed by atoms with van der Waals surface area (Å²) < 4.78 is 10.7.